The largest absolute Gasteiger partial charge is 0.465 e. The second-order valence-corrected chi connectivity index (χ2v) is 7.61. The van der Waals surface area contributed by atoms with Crippen LogP contribution in [-0.4, -0.2) is 26.9 Å². The molecule has 0 unspecified atom stereocenters. The molecular formula is C19H18F5N3O2. The Labute approximate surface area is 162 Å². The Morgan fingerprint density at radius 1 is 1.24 bits per heavy atom. The lowest BCUT2D eigenvalue weighted by Gasteiger charge is -2.24. The number of aromatic nitrogens is 2. The molecular weight excluding hydrogens is 397 g/mol. The van der Waals surface area contributed by atoms with E-state index < -0.39 is 41.3 Å². The minimum atomic E-state index is -4.48. The van der Waals surface area contributed by atoms with Crippen molar-refractivity contribution < 1.29 is 31.9 Å². The summed E-state index contributed by atoms with van der Waals surface area (Å²) in [6, 6.07) is 2.88. The third-order valence-electron chi connectivity index (χ3n) is 5.91. The van der Waals surface area contributed by atoms with Crippen LogP contribution in [0.25, 0.3) is 0 Å². The second-order valence-electron chi connectivity index (χ2n) is 7.61. The molecule has 0 radical (unpaired) electrons. The van der Waals surface area contributed by atoms with Crippen molar-refractivity contribution in [2.24, 2.45) is 0 Å². The van der Waals surface area contributed by atoms with E-state index in [1.807, 2.05) is 0 Å². The predicted molar refractivity (Wildman–Crippen MR) is 91.4 cm³/mol. The van der Waals surface area contributed by atoms with Gasteiger partial charge in [-0.15, -0.1) is 0 Å². The number of hydrogen-bond acceptors (Lipinski definition) is 2. The highest BCUT2D eigenvalue weighted by atomic mass is 19.4. The van der Waals surface area contributed by atoms with Crippen LogP contribution >= 0.6 is 0 Å². The van der Waals surface area contributed by atoms with E-state index in [2.05, 4.69) is 10.3 Å². The summed E-state index contributed by atoms with van der Waals surface area (Å²) >= 11 is 0. The number of fused-ring (bicyclic) bond motifs is 1. The highest BCUT2D eigenvalue weighted by molar-refractivity contribution is 5.65. The zero-order chi connectivity index (χ0) is 21.0. The number of benzene rings is 1. The molecule has 1 saturated carbocycles. The van der Waals surface area contributed by atoms with Crippen molar-refractivity contribution in [1.29, 1.82) is 0 Å². The van der Waals surface area contributed by atoms with Crippen molar-refractivity contribution in [1.82, 2.24) is 14.9 Å². The minimum absolute atomic E-state index is 0.0410. The number of carboxylic acid groups (broad SMARTS) is 1. The van der Waals surface area contributed by atoms with E-state index in [4.69, 9.17) is 5.11 Å². The van der Waals surface area contributed by atoms with Gasteiger partial charge in [-0.05, 0) is 37.3 Å². The van der Waals surface area contributed by atoms with Crippen LogP contribution in [0.15, 0.2) is 24.4 Å². The quantitative estimate of drug-likeness (QED) is 0.718. The fourth-order valence-corrected chi connectivity index (χ4v) is 4.24. The monoisotopic (exact) mass is 415 g/mol. The van der Waals surface area contributed by atoms with Crippen LogP contribution in [-0.2, 0) is 12.0 Å². The lowest BCUT2D eigenvalue weighted by molar-refractivity contribution is -0.162. The SMILES string of the molecule is O=C(O)N[C@@H]1CC[C@@H](c2cccc(F)c2F)Cn2c(C3(C(F)(F)F)CC3)cnc21. The van der Waals surface area contributed by atoms with Crippen molar-refractivity contribution in [2.45, 2.75) is 55.8 Å². The summed E-state index contributed by atoms with van der Waals surface area (Å²) in [5.41, 5.74) is -2.02. The van der Waals surface area contributed by atoms with Crippen molar-refractivity contribution >= 4 is 6.09 Å². The number of carbonyl (C=O) groups is 1. The van der Waals surface area contributed by atoms with Gasteiger partial charge in [-0.3, -0.25) is 0 Å². The Kier molecular flexibility index (Phi) is 4.54. The van der Waals surface area contributed by atoms with Gasteiger partial charge in [-0.25, -0.2) is 18.6 Å². The van der Waals surface area contributed by atoms with Crippen LogP contribution in [0, 0.1) is 11.6 Å². The van der Waals surface area contributed by atoms with Crippen molar-refractivity contribution in [3.63, 3.8) is 0 Å². The number of rotatable bonds is 3. The molecule has 0 saturated heterocycles. The molecule has 2 aromatic rings. The lowest BCUT2D eigenvalue weighted by Crippen LogP contribution is -2.33. The predicted octanol–water partition coefficient (Wildman–Crippen LogP) is 4.64. The number of imidazole rings is 1. The molecule has 2 N–H and O–H groups in total. The molecule has 10 heteroatoms. The summed E-state index contributed by atoms with van der Waals surface area (Å²) in [5.74, 6) is -2.53. The van der Waals surface area contributed by atoms with Gasteiger partial charge in [0, 0.05) is 18.7 Å². The first-order chi connectivity index (χ1) is 13.6. The van der Waals surface area contributed by atoms with Gasteiger partial charge in [0.2, 0.25) is 0 Å². The molecule has 1 aromatic heterocycles. The number of nitrogens with zero attached hydrogens (tertiary/aromatic N) is 2. The first-order valence-corrected chi connectivity index (χ1v) is 9.20. The molecule has 0 spiro atoms. The number of alkyl halides is 3. The van der Waals surface area contributed by atoms with E-state index in [1.54, 1.807) is 0 Å². The van der Waals surface area contributed by atoms with Crippen molar-refractivity contribution in [3.05, 3.63) is 53.1 Å². The molecule has 2 aliphatic rings. The Balaban J connectivity index is 1.80. The van der Waals surface area contributed by atoms with E-state index >= 15 is 0 Å². The van der Waals surface area contributed by atoms with Crippen molar-refractivity contribution in [2.75, 3.05) is 0 Å². The number of hydrogen-bond donors (Lipinski definition) is 2. The molecule has 156 valence electrons. The maximum Gasteiger partial charge on any atom is 0.405 e. The molecule has 2 atom stereocenters. The summed E-state index contributed by atoms with van der Waals surface area (Å²) in [6.45, 7) is -0.0410. The van der Waals surface area contributed by atoms with E-state index in [1.165, 1.54) is 16.7 Å². The van der Waals surface area contributed by atoms with E-state index in [9.17, 15) is 26.7 Å². The van der Waals surface area contributed by atoms with Crippen LogP contribution < -0.4 is 5.32 Å². The molecule has 0 bridgehead atoms. The Bertz CT molecular complexity index is 952. The molecule has 1 amide bonds. The maximum absolute atomic E-state index is 14.4. The van der Waals surface area contributed by atoms with Gasteiger partial charge in [0.15, 0.2) is 11.6 Å². The molecule has 1 aliphatic heterocycles. The van der Waals surface area contributed by atoms with E-state index in [0.29, 0.717) is 0 Å². The zero-order valence-corrected chi connectivity index (χ0v) is 15.1. The van der Waals surface area contributed by atoms with Gasteiger partial charge in [0.25, 0.3) is 0 Å². The minimum Gasteiger partial charge on any atom is -0.465 e. The maximum atomic E-state index is 14.4. The van der Waals surface area contributed by atoms with E-state index in [0.717, 1.165) is 12.3 Å². The zero-order valence-electron chi connectivity index (χ0n) is 15.1. The highest BCUT2D eigenvalue weighted by Gasteiger charge is 2.66. The summed E-state index contributed by atoms with van der Waals surface area (Å²) in [5, 5.41) is 11.4. The lowest BCUT2D eigenvalue weighted by atomic mass is 9.92. The van der Waals surface area contributed by atoms with Gasteiger partial charge in [0.05, 0.1) is 11.7 Å². The third-order valence-corrected chi connectivity index (χ3v) is 5.91. The molecule has 29 heavy (non-hydrogen) atoms. The van der Waals surface area contributed by atoms with Crippen LogP contribution in [0.4, 0.5) is 26.7 Å². The Morgan fingerprint density at radius 2 is 1.97 bits per heavy atom. The molecule has 5 nitrogen and oxygen atoms in total. The summed E-state index contributed by atoms with van der Waals surface area (Å²) in [6.07, 6.45) is -4.40. The van der Waals surface area contributed by atoms with Gasteiger partial charge in [-0.1, -0.05) is 12.1 Å². The Morgan fingerprint density at radius 3 is 2.59 bits per heavy atom. The van der Waals surface area contributed by atoms with Crippen LogP contribution in [0.3, 0.4) is 0 Å². The number of nitrogens with one attached hydrogen (secondary N) is 1. The number of halogens is 5. The topological polar surface area (TPSA) is 67.2 Å². The normalized spacial score (nSPS) is 23.2. The number of amides is 1. The highest BCUT2D eigenvalue weighted by Crippen LogP contribution is 2.59. The Hall–Kier alpha value is -2.65. The van der Waals surface area contributed by atoms with Crippen LogP contribution in [0.2, 0.25) is 0 Å². The van der Waals surface area contributed by atoms with Gasteiger partial charge in [0.1, 0.15) is 11.2 Å². The van der Waals surface area contributed by atoms with Crippen LogP contribution in [0.5, 0.6) is 0 Å². The van der Waals surface area contributed by atoms with Gasteiger partial charge >= 0.3 is 12.3 Å². The average molecular weight is 415 g/mol. The summed E-state index contributed by atoms with van der Waals surface area (Å²) in [4.78, 5) is 15.3. The summed E-state index contributed by atoms with van der Waals surface area (Å²) in [7, 11) is 0. The second kappa shape index (κ2) is 6.70. The van der Waals surface area contributed by atoms with Crippen LogP contribution in [0.1, 0.15) is 54.7 Å². The van der Waals surface area contributed by atoms with E-state index in [-0.39, 0.29) is 49.3 Å². The molecule has 1 fully saturated rings. The van der Waals surface area contributed by atoms with Crippen molar-refractivity contribution in [3.8, 4) is 0 Å². The molecule has 1 aliphatic carbocycles. The fraction of sp³-hybridized carbons (Fsp3) is 0.474. The molecule has 1 aromatic carbocycles. The molecule has 4 rings (SSSR count). The summed E-state index contributed by atoms with van der Waals surface area (Å²) < 4.78 is 70.6. The average Bonchev–Trinajstić information content (AvgIpc) is 3.38. The van der Waals surface area contributed by atoms with Gasteiger partial charge in [-0.2, -0.15) is 13.2 Å². The standard InChI is InChI=1S/C19H18F5N3O2/c20-12-3-1-2-11(15(12)21)10-4-5-13(26-17(28)29)16-25-8-14(27(16)9-10)18(6-7-18)19(22,23)24/h1-3,8,10,13,26H,4-7,9H2,(H,28,29)/t10-,13-/m1/s1. The first-order valence-electron chi connectivity index (χ1n) is 9.20. The third kappa shape index (κ3) is 3.24. The van der Waals surface area contributed by atoms with Gasteiger partial charge < -0.3 is 15.0 Å². The smallest absolute Gasteiger partial charge is 0.405 e. The fourth-order valence-electron chi connectivity index (χ4n) is 4.24. The molecule has 2 heterocycles. The first kappa shape index (κ1) is 19.7.